The lowest BCUT2D eigenvalue weighted by Gasteiger charge is -2.32. The lowest BCUT2D eigenvalue weighted by atomic mass is 9.78. The number of rotatable bonds is 5. The fourth-order valence-corrected chi connectivity index (χ4v) is 3.72. The molecule has 1 fully saturated rings. The number of carbonyl (C=O) groups is 3. The average Bonchev–Trinajstić information content (AvgIpc) is 2.85. The summed E-state index contributed by atoms with van der Waals surface area (Å²) in [6, 6.07) is 6.84. The topological polar surface area (TPSA) is 86.7 Å². The molecule has 2 unspecified atom stereocenters. The number of fused-ring (bicyclic) bond motifs is 1. The van der Waals surface area contributed by atoms with E-state index in [0.29, 0.717) is 11.1 Å². The molecule has 6 heteroatoms. The summed E-state index contributed by atoms with van der Waals surface area (Å²) in [5.74, 6) is -0.869. The van der Waals surface area contributed by atoms with Crippen LogP contribution in [0.25, 0.3) is 0 Å². The smallest absolute Gasteiger partial charge is 0.261 e. The first-order chi connectivity index (χ1) is 11.6. The Bertz CT molecular complexity index is 623. The Labute approximate surface area is 140 Å². The van der Waals surface area contributed by atoms with Crippen molar-refractivity contribution in [2.24, 2.45) is 11.8 Å². The molecule has 0 saturated heterocycles. The number of carbonyl (C=O) groups excluding carboxylic acids is 3. The van der Waals surface area contributed by atoms with E-state index in [1.54, 1.807) is 24.3 Å². The molecule has 1 aromatic rings. The Morgan fingerprint density at radius 1 is 1.12 bits per heavy atom. The van der Waals surface area contributed by atoms with Crippen molar-refractivity contribution in [1.29, 1.82) is 0 Å². The third-order valence-corrected chi connectivity index (χ3v) is 4.95. The van der Waals surface area contributed by atoms with Crippen molar-refractivity contribution in [2.75, 3.05) is 19.7 Å². The molecule has 1 aromatic carbocycles. The molecule has 2 aliphatic rings. The summed E-state index contributed by atoms with van der Waals surface area (Å²) in [6.45, 7) is 0.417. The van der Waals surface area contributed by atoms with Crippen molar-refractivity contribution in [2.45, 2.75) is 25.7 Å². The molecular formula is C18H22N2O4. The van der Waals surface area contributed by atoms with Crippen molar-refractivity contribution in [1.82, 2.24) is 10.2 Å². The van der Waals surface area contributed by atoms with Crippen LogP contribution < -0.4 is 5.32 Å². The second-order valence-electron chi connectivity index (χ2n) is 6.43. The maximum absolute atomic E-state index is 12.5. The van der Waals surface area contributed by atoms with Crippen LogP contribution in [-0.4, -0.2) is 47.4 Å². The van der Waals surface area contributed by atoms with Crippen LogP contribution in [0, 0.1) is 11.8 Å². The standard InChI is InChI=1S/C18H22N2O4/c21-10-9-19-16(22)13-6-2-1-5-12(13)11-20-17(23)14-7-3-4-8-15(14)18(20)24/h3-4,7-8,12-13,21H,1-2,5-6,9-11H2,(H,19,22). The Morgan fingerprint density at radius 2 is 1.75 bits per heavy atom. The van der Waals surface area contributed by atoms with Gasteiger partial charge in [-0.1, -0.05) is 25.0 Å². The van der Waals surface area contributed by atoms with Crippen LogP contribution in [0.3, 0.4) is 0 Å². The maximum Gasteiger partial charge on any atom is 0.261 e. The maximum atomic E-state index is 12.5. The minimum atomic E-state index is -0.268. The van der Waals surface area contributed by atoms with Gasteiger partial charge in [-0.2, -0.15) is 0 Å². The first kappa shape index (κ1) is 16.6. The molecule has 0 spiro atoms. The number of nitrogens with zero attached hydrogens (tertiary/aromatic N) is 1. The molecule has 2 N–H and O–H groups in total. The molecule has 3 rings (SSSR count). The van der Waals surface area contributed by atoms with Gasteiger partial charge < -0.3 is 10.4 Å². The Hall–Kier alpha value is -2.21. The minimum Gasteiger partial charge on any atom is -0.395 e. The summed E-state index contributed by atoms with van der Waals surface area (Å²) in [4.78, 5) is 38.6. The SMILES string of the molecule is O=C(NCCO)C1CCCCC1CN1C(=O)c2ccccc2C1=O. The lowest BCUT2D eigenvalue weighted by Crippen LogP contribution is -2.43. The first-order valence-electron chi connectivity index (χ1n) is 8.47. The summed E-state index contributed by atoms with van der Waals surface area (Å²) < 4.78 is 0. The van der Waals surface area contributed by atoms with Gasteiger partial charge in [0.15, 0.2) is 0 Å². The van der Waals surface area contributed by atoms with E-state index < -0.39 is 0 Å². The zero-order chi connectivity index (χ0) is 17.1. The molecule has 24 heavy (non-hydrogen) atoms. The zero-order valence-corrected chi connectivity index (χ0v) is 13.5. The van der Waals surface area contributed by atoms with Crippen molar-refractivity contribution in [3.8, 4) is 0 Å². The molecule has 0 radical (unpaired) electrons. The fraction of sp³-hybridized carbons (Fsp3) is 0.500. The van der Waals surface area contributed by atoms with E-state index >= 15 is 0 Å². The van der Waals surface area contributed by atoms with Gasteiger partial charge in [0.2, 0.25) is 5.91 Å². The highest BCUT2D eigenvalue weighted by Gasteiger charge is 2.39. The largest absolute Gasteiger partial charge is 0.395 e. The molecule has 3 amide bonds. The normalized spacial score (nSPS) is 23.3. The number of aliphatic hydroxyl groups excluding tert-OH is 1. The lowest BCUT2D eigenvalue weighted by molar-refractivity contribution is -0.128. The van der Waals surface area contributed by atoms with Crippen LogP contribution in [0.15, 0.2) is 24.3 Å². The van der Waals surface area contributed by atoms with E-state index in [0.717, 1.165) is 25.7 Å². The summed E-state index contributed by atoms with van der Waals surface area (Å²) in [7, 11) is 0. The van der Waals surface area contributed by atoms with Crippen molar-refractivity contribution in [3.05, 3.63) is 35.4 Å². The van der Waals surface area contributed by atoms with E-state index in [4.69, 9.17) is 5.11 Å². The predicted octanol–water partition coefficient (Wildman–Crippen LogP) is 1.20. The van der Waals surface area contributed by atoms with E-state index in [-0.39, 0.29) is 49.3 Å². The first-order valence-corrected chi connectivity index (χ1v) is 8.47. The van der Waals surface area contributed by atoms with Crippen LogP contribution in [0.2, 0.25) is 0 Å². The van der Waals surface area contributed by atoms with Gasteiger partial charge in [-0.3, -0.25) is 19.3 Å². The van der Waals surface area contributed by atoms with Gasteiger partial charge in [-0.25, -0.2) is 0 Å². The number of hydrogen-bond acceptors (Lipinski definition) is 4. The molecule has 1 aliphatic carbocycles. The molecule has 2 atom stereocenters. The second kappa shape index (κ2) is 7.13. The van der Waals surface area contributed by atoms with Gasteiger partial charge in [-0.15, -0.1) is 0 Å². The average molecular weight is 330 g/mol. The number of hydrogen-bond donors (Lipinski definition) is 2. The third-order valence-electron chi connectivity index (χ3n) is 4.95. The van der Waals surface area contributed by atoms with Crippen molar-refractivity contribution in [3.63, 3.8) is 0 Å². The van der Waals surface area contributed by atoms with Crippen LogP contribution in [0.5, 0.6) is 0 Å². The Kier molecular flexibility index (Phi) is 4.94. The Balaban J connectivity index is 1.73. The van der Waals surface area contributed by atoms with Crippen LogP contribution >= 0.6 is 0 Å². The summed E-state index contributed by atoms with van der Waals surface area (Å²) in [6.07, 6.45) is 3.54. The highest BCUT2D eigenvalue weighted by atomic mass is 16.3. The van der Waals surface area contributed by atoms with Gasteiger partial charge >= 0.3 is 0 Å². The van der Waals surface area contributed by atoms with Crippen molar-refractivity contribution < 1.29 is 19.5 Å². The van der Waals surface area contributed by atoms with E-state index in [1.807, 2.05) is 0 Å². The monoisotopic (exact) mass is 330 g/mol. The molecule has 0 aromatic heterocycles. The summed E-state index contributed by atoms with van der Waals surface area (Å²) in [5.41, 5.74) is 0.888. The van der Waals surface area contributed by atoms with E-state index in [1.165, 1.54) is 4.90 Å². The number of aliphatic hydroxyl groups is 1. The van der Waals surface area contributed by atoms with E-state index in [2.05, 4.69) is 5.32 Å². The molecular weight excluding hydrogens is 308 g/mol. The predicted molar refractivity (Wildman–Crippen MR) is 87.4 cm³/mol. The Morgan fingerprint density at radius 3 is 2.38 bits per heavy atom. The molecule has 6 nitrogen and oxygen atoms in total. The third kappa shape index (κ3) is 3.06. The zero-order valence-electron chi connectivity index (χ0n) is 13.5. The van der Waals surface area contributed by atoms with Gasteiger partial charge in [0, 0.05) is 19.0 Å². The van der Waals surface area contributed by atoms with Crippen molar-refractivity contribution >= 4 is 17.7 Å². The summed E-state index contributed by atoms with van der Waals surface area (Å²) >= 11 is 0. The number of imide groups is 1. The number of amides is 3. The molecule has 1 aliphatic heterocycles. The second-order valence-corrected chi connectivity index (χ2v) is 6.43. The van der Waals surface area contributed by atoms with Crippen LogP contribution in [-0.2, 0) is 4.79 Å². The molecule has 1 saturated carbocycles. The van der Waals surface area contributed by atoms with Gasteiger partial charge in [0.05, 0.1) is 17.7 Å². The van der Waals surface area contributed by atoms with Gasteiger partial charge in [0.1, 0.15) is 0 Å². The van der Waals surface area contributed by atoms with Crippen LogP contribution in [0.1, 0.15) is 46.4 Å². The quantitative estimate of drug-likeness (QED) is 0.794. The summed E-state index contributed by atoms with van der Waals surface area (Å²) in [5, 5.41) is 11.6. The van der Waals surface area contributed by atoms with Gasteiger partial charge in [-0.05, 0) is 30.9 Å². The van der Waals surface area contributed by atoms with Gasteiger partial charge in [0.25, 0.3) is 11.8 Å². The number of nitrogens with one attached hydrogen (secondary N) is 1. The highest BCUT2D eigenvalue weighted by Crippen LogP contribution is 2.33. The molecule has 128 valence electrons. The molecule has 0 bridgehead atoms. The highest BCUT2D eigenvalue weighted by molar-refractivity contribution is 6.21. The van der Waals surface area contributed by atoms with E-state index in [9.17, 15) is 14.4 Å². The molecule has 1 heterocycles. The fourth-order valence-electron chi connectivity index (χ4n) is 3.72. The van der Waals surface area contributed by atoms with Crippen LogP contribution in [0.4, 0.5) is 0 Å². The number of benzene rings is 1. The minimum absolute atomic E-state index is 0.0281.